The zero-order valence-electron chi connectivity index (χ0n) is 11.8. The molecule has 0 spiro atoms. The molecule has 3 rings (SSSR count). The highest BCUT2D eigenvalue weighted by Crippen LogP contribution is 2.28. The summed E-state index contributed by atoms with van der Waals surface area (Å²) in [7, 11) is 0. The van der Waals surface area contributed by atoms with Gasteiger partial charge in [0.2, 0.25) is 0 Å². The zero-order valence-corrected chi connectivity index (χ0v) is 11.8. The molecule has 1 aromatic rings. The highest BCUT2D eigenvalue weighted by molar-refractivity contribution is 5.96. The maximum atomic E-state index is 12.5. The van der Waals surface area contributed by atoms with Crippen LogP contribution in [0.25, 0.3) is 0 Å². The molecule has 2 heterocycles. The number of rotatable bonds is 2. The molecule has 0 N–H and O–H groups in total. The van der Waals surface area contributed by atoms with E-state index in [-0.39, 0.29) is 5.91 Å². The van der Waals surface area contributed by atoms with Crippen LogP contribution in [0.1, 0.15) is 31.2 Å². The number of pyridine rings is 1. The highest BCUT2D eigenvalue weighted by atomic mass is 16.2. The van der Waals surface area contributed by atoms with E-state index >= 15 is 0 Å². The standard InChI is InChI=1S/C17H20N2O/c1-13-4-6-14(7-5-13)17(20)19-10-8-16(12-19)15-3-2-9-18-11-15/h2-4,6-7,9,11,13,16H,5,8,10,12H2,1H3. The largest absolute Gasteiger partial charge is 0.338 e. The number of carbonyl (C=O) groups is 1. The summed E-state index contributed by atoms with van der Waals surface area (Å²) in [4.78, 5) is 18.6. The van der Waals surface area contributed by atoms with Crippen LogP contribution in [0, 0.1) is 5.92 Å². The van der Waals surface area contributed by atoms with Crippen LogP contribution in [0.5, 0.6) is 0 Å². The molecule has 2 atom stereocenters. The van der Waals surface area contributed by atoms with Crippen molar-refractivity contribution in [2.45, 2.75) is 25.7 Å². The lowest BCUT2D eigenvalue weighted by atomic mass is 9.98. The molecule has 0 aromatic carbocycles. The first-order chi connectivity index (χ1) is 9.74. The van der Waals surface area contributed by atoms with Crippen LogP contribution in [0.2, 0.25) is 0 Å². The van der Waals surface area contributed by atoms with Crippen molar-refractivity contribution in [2.24, 2.45) is 5.92 Å². The second kappa shape index (κ2) is 5.61. The molecule has 1 saturated heterocycles. The van der Waals surface area contributed by atoms with Crippen molar-refractivity contribution in [2.75, 3.05) is 13.1 Å². The number of allylic oxidation sites excluding steroid dienone is 2. The van der Waals surface area contributed by atoms with Crippen LogP contribution in [0.4, 0.5) is 0 Å². The molecule has 3 heteroatoms. The van der Waals surface area contributed by atoms with E-state index in [1.807, 2.05) is 23.2 Å². The van der Waals surface area contributed by atoms with E-state index < -0.39 is 0 Å². The summed E-state index contributed by atoms with van der Waals surface area (Å²) in [6.07, 6.45) is 11.9. The van der Waals surface area contributed by atoms with Gasteiger partial charge in [0.25, 0.3) is 5.91 Å². The summed E-state index contributed by atoms with van der Waals surface area (Å²) in [5.74, 6) is 1.16. The van der Waals surface area contributed by atoms with Gasteiger partial charge in [-0.25, -0.2) is 0 Å². The second-order valence-corrected chi connectivity index (χ2v) is 5.75. The van der Waals surface area contributed by atoms with Gasteiger partial charge in [0, 0.05) is 37.0 Å². The number of carbonyl (C=O) groups excluding carboxylic acids is 1. The predicted octanol–water partition coefficient (Wildman–Crippen LogP) is 2.92. The lowest BCUT2D eigenvalue weighted by molar-refractivity contribution is -0.125. The quantitative estimate of drug-likeness (QED) is 0.826. The summed E-state index contributed by atoms with van der Waals surface area (Å²) >= 11 is 0. The fourth-order valence-corrected chi connectivity index (χ4v) is 2.90. The Balaban J connectivity index is 1.66. The normalized spacial score (nSPS) is 25.6. The molecule has 0 saturated carbocycles. The predicted molar refractivity (Wildman–Crippen MR) is 79.2 cm³/mol. The Morgan fingerprint density at radius 2 is 2.35 bits per heavy atom. The van der Waals surface area contributed by atoms with Gasteiger partial charge >= 0.3 is 0 Å². The van der Waals surface area contributed by atoms with E-state index in [4.69, 9.17) is 0 Å². The van der Waals surface area contributed by atoms with Crippen molar-refractivity contribution in [1.29, 1.82) is 0 Å². The Bertz CT molecular complexity index is 547. The molecule has 0 radical (unpaired) electrons. The third-order valence-corrected chi connectivity index (χ3v) is 4.19. The SMILES string of the molecule is CC1C=CC(C(=O)N2CCC(c3cccnc3)C2)=CC1. The third kappa shape index (κ3) is 2.67. The van der Waals surface area contributed by atoms with Crippen LogP contribution in [-0.4, -0.2) is 28.9 Å². The van der Waals surface area contributed by atoms with Crippen LogP contribution < -0.4 is 0 Å². The van der Waals surface area contributed by atoms with Gasteiger partial charge in [0.15, 0.2) is 0 Å². The molecule has 1 amide bonds. The Morgan fingerprint density at radius 3 is 3.05 bits per heavy atom. The summed E-state index contributed by atoms with van der Waals surface area (Å²) in [6, 6.07) is 4.07. The Labute approximate surface area is 120 Å². The van der Waals surface area contributed by atoms with Crippen molar-refractivity contribution in [1.82, 2.24) is 9.88 Å². The molecule has 3 nitrogen and oxygen atoms in total. The number of likely N-dealkylation sites (tertiary alicyclic amines) is 1. The van der Waals surface area contributed by atoms with Gasteiger partial charge in [-0.05, 0) is 30.4 Å². The van der Waals surface area contributed by atoms with Gasteiger partial charge < -0.3 is 4.90 Å². The van der Waals surface area contributed by atoms with Crippen molar-refractivity contribution in [3.8, 4) is 0 Å². The first-order valence-corrected chi connectivity index (χ1v) is 7.31. The number of hydrogen-bond acceptors (Lipinski definition) is 2. The molecule has 2 aliphatic rings. The van der Waals surface area contributed by atoms with E-state index in [0.29, 0.717) is 11.8 Å². The third-order valence-electron chi connectivity index (χ3n) is 4.19. The van der Waals surface area contributed by atoms with Crippen molar-refractivity contribution < 1.29 is 4.79 Å². The molecular weight excluding hydrogens is 248 g/mol. The molecule has 1 fully saturated rings. The van der Waals surface area contributed by atoms with Gasteiger partial charge in [0.1, 0.15) is 0 Å². The fourth-order valence-electron chi connectivity index (χ4n) is 2.90. The lowest BCUT2D eigenvalue weighted by Gasteiger charge is -2.19. The smallest absolute Gasteiger partial charge is 0.253 e. The molecule has 2 unspecified atom stereocenters. The maximum Gasteiger partial charge on any atom is 0.253 e. The van der Waals surface area contributed by atoms with Crippen LogP contribution in [0.15, 0.2) is 48.3 Å². The monoisotopic (exact) mass is 268 g/mol. The van der Waals surface area contributed by atoms with Crippen LogP contribution >= 0.6 is 0 Å². The van der Waals surface area contributed by atoms with Gasteiger partial charge in [0.05, 0.1) is 0 Å². The van der Waals surface area contributed by atoms with Gasteiger partial charge in [-0.3, -0.25) is 9.78 Å². The Kier molecular flexibility index (Phi) is 3.68. The molecule has 0 bridgehead atoms. The minimum atomic E-state index is 0.180. The molecule has 20 heavy (non-hydrogen) atoms. The van der Waals surface area contributed by atoms with Gasteiger partial charge in [-0.2, -0.15) is 0 Å². The van der Waals surface area contributed by atoms with Crippen LogP contribution in [-0.2, 0) is 4.79 Å². The summed E-state index contributed by atoms with van der Waals surface area (Å²) in [5.41, 5.74) is 2.10. The van der Waals surface area contributed by atoms with E-state index in [0.717, 1.165) is 31.5 Å². The summed E-state index contributed by atoms with van der Waals surface area (Å²) in [5, 5.41) is 0. The number of hydrogen-bond donors (Lipinski definition) is 0. The van der Waals surface area contributed by atoms with Gasteiger partial charge in [-0.1, -0.05) is 31.2 Å². The highest BCUT2D eigenvalue weighted by Gasteiger charge is 2.28. The Hall–Kier alpha value is -1.90. The molecular formula is C17H20N2O. The Morgan fingerprint density at radius 1 is 1.45 bits per heavy atom. The van der Waals surface area contributed by atoms with Crippen molar-refractivity contribution in [3.05, 3.63) is 53.9 Å². The fraction of sp³-hybridized carbons (Fsp3) is 0.412. The zero-order chi connectivity index (χ0) is 13.9. The molecule has 1 aliphatic heterocycles. The van der Waals surface area contributed by atoms with Crippen LogP contribution in [0.3, 0.4) is 0 Å². The number of amides is 1. The summed E-state index contributed by atoms with van der Waals surface area (Å²) in [6.45, 7) is 3.83. The summed E-state index contributed by atoms with van der Waals surface area (Å²) < 4.78 is 0. The maximum absolute atomic E-state index is 12.5. The topological polar surface area (TPSA) is 33.2 Å². The number of aromatic nitrogens is 1. The van der Waals surface area contributed by atoms with E-state index in [2.05, 4.69) is 30.1 Å². The molecule has 1 aliphatic carbocycles. The average Bonchev–Trinajstić information content (AvgIpc) is 2.98. The van der Waals surface area contributed by atoms with E-state index in [1.54, 1.807) is 6.20 Å². The average molecular weight is 268 g/mol. The first-order valence-electron chi connectivity index (χ1n) is 7.31. The molecule has 104 valence electrons. The minimum Gasteiger partial charge on any atom is -0.338 e. The van der Waals surface area contributed by atoms with E-state index in [9.17, 15) is 4.79 Å². The lowest BCUT2D eigenvalue weighted by Crippen LogP contribution is -2.29. The first kappa shape index (κ1) is 13.1. The number of nitrogens with zero attached hydrogens (tertiary/aromatic N) is 2. The van der Waals surface area contributed by atoms with Gasteiger partial charge in [-0.15, -0.1) is 0 Å². The van der Waals surface area contributed by atoms with Crippen molar-refractivity contribution in [3.63, 3.8) is 0 Å². The van der Waals surface area contributed by atoms with Crippen molar-refractivity contribution >= 4 is 5.91 Å². The second-order valence-electron chi connectivity index (χ2n) is 5.75. The molecule has 1 aromatic heterocycles. The minimum absolute atomic E-state index is 0.180. The van der Waals surface area contributed by atoms with E-state index in [1.165, 1.54) is 5.56 Å².